The van der Waals surface area contributed by atoms with Crippen molar-refractivity contribution in [3.63, 3.8) is 0 Å². The van der Waals surface area contributed by atoms with Gasteiger partial charge in [0.05, 0.1) is 12.2 Å². The Morgan fingerprint density at radius 1 is 1.18 bits per heavy atom. The highest BCUT2D eigenvalue weighted by atomic mass is 19.1. The molecule has 1 aromatic heterocycles. The standard InChI is InChI=1S/C18H21F2N7O/c19-13-2-3-14(20)15(12-13)25-17(21)22-7-4-16(28)26-8-10-27(11-9-26)18-23-5-1-6-24-18/h1-3,5-6,12H,4,7-11H2,(H3,21,22,25). The molecule has 0 bridgehead atoms. The Labute approximate surface area is 161 Å². The summed E-state index contributed by atoms with van der Waals surface area (Å²) in [6, 6.07) is 4.75. The second-order valence-electron chi connectivity index (χ2n) is 6.18. The zero-order valence-electron chi connectivity index (χ0n) is 15.2. The topological polar surface area (TPSA) is 99.7 Å². The second-order valence-corrected chi connectivity index (χ2v) is 6.18. The Morgan fingerprint density at radius 2 is 1.89 bits per heavy atom. The number of aromatic nitrogens is 2. The number of guanidine groups is 1. The van der Waals surface area contributed by atoms with Crippen molar-refractivity contribution in [2.75, 3.05) is 42.9 Å². The quantitative estimate of drug-likeness (QED) is 0.589. The number of aliphatic imine (C=N–C) groups is 1. The van der Waals surface area contributed by atoms with Crippen LogP contribution in [0.5, 0.6) is 0 Å². The molecule has 0 saturated carbocycles. The van der Waals surface area contributed by atoms with Crippen LogP contribution in [0.25, 0.3) is 0 Å². The Hall–Kier alpha value is -3.30. The molecule has 3 N–H and O–H groups in total. The summed E-state index contributed by atoms with van der Waals surface area (Å²) < 4.78 is 26.7. The van der Waals surface area contributed by atoms with E-state index in [1.807, 2.05) is 4.90 Å². The number of hydrogen-bond acceptors (Lipinski definition) is 5. The van der Waals surface area contributed by atoms with Gasteiger partial charge < -0.3 is 20.9 Å². The van der Waals surface area contributed by atoms with Gasteiger partial charge in [-0.15, -0.1) is 0 Å². The minimum Gasteiger partial charge on any atom is -0.370 e. The van der Waals surface area contributed by atoms with E-state index in [1.54, 1.807) is 23.4 Å². The van der Waals surface area contributed by atoms with E-state index in [0.717, 1.165) is 18.2 Å². The lowest BCUT2D eigenvalue weighted by molar-refractivity contribution is -0.131. The van der Waals surface area contributed by atoms with Gasteiger partial charge in [-0.3, -0.25) is 9.79 Å². The number of amides is 1. The molecule has 1 amide bonds. The second kappa shape index (κ2) is 9.07. The fourth-order valence-corrected chi connectivity index (χ4v) is 2.81. The molecule has 3 rings (SSSR count). The van der Waals surface area contributed by atoms with E-state index in [2.05, 4.69) is 20.3 Å². The van der Waals surface area contributed by atoms with Crippen LogP contribution in [0, 0.1) is 11.6 Å². The van der Waals surface area contributed by atoms with Crippen LogP contribution < -0.4 is 16.0 Å². The van der Waals surface area contributed by atoms with Crippen molar-refractivity contribution >= 4 is 23.5 Å². The lowest BCUT2D eigenvalue weighted by Gasteiger charge is -2.34. The van der Waals surface area contributed by atoms with Crippen LogP contribution in [0.3, 0.4) is 0 Å². The Balaban J connectivity index is 1.44. The first-order valence-corrected chi connectivity index (χ1v) is 8.84. The van der Waals surface area contributed by atoms with E-state index in [9.17, 15) is 13.6 Å². The van der Waals surface area contributed by atoms with Gasteiger partial charge in [0.2, 0.25) is 11.9 Å². The van der Waals surface area contributed by atoms with Gasteiger partial charge in [-0.05, 0) is 18.2 Å². The van der Waals surface area contributed by atoms with E-state index in [-0.39, 0.29) is 30.5 Å². The van der Waals surface area contributed by atoms with Crippen LogP contribution in [0.4, 0.5) is 20.4 Å². The van der Waals surface area contributed by atoms with Gasteiger partial charge in [-0.1, -0.05) is 0 Å². The molecule has 0 atom stereocenters. The maximum absolute atomic E-state index is 13.6. The normalized spacial score (nSPS) is 14.9. The molecule has 1 aliphatic rings. The van der Waals surface area contributed by atoms with Crippen LogP contribution in [0.2, 0.25) is 0 Å². The Bertz CT molecular complexity index is 839. The maximum atomic E-state index is 13.6. The predicted octanol–water partition coefficient (Wildman–Crippen LogP) is 1.22. The van der Waals surface area contributed by atoms with Crippen molar-refractivity contribution in [2.45, 2.75) is 6.42 Å². The summed E-state index contributed by atoms with van der Waals surface area (Å²) in [6.07, 6.45) is 3.55. The molecular formula is C18H21F2N7O. The van der Waals surface area contributed by atoms with Crippen molar-refractivity contribution in [3.8, 4) is 0 Å². The Kier molecular flexibility index (Phi) is 6.30. The number of nitrogens with one attached hydrogen (secondary N) is 1. The molecule has 2 aromatic rings. The molecular weight excluding hydrogens is 368 g/mol. The minimum absolute atomic E-state index is 0.0397. The van der Waals surface area contributed by atoms with Gasteiger partial charge in [0, 0.05) is 51.1 Å². The average Bonchev–Trinajstić information content (AvgIpc) is 2.71. The number of hydrogen-bond donors (Lipinski definition) is 2. The first-order valence-electron chi connectivity index (χ1n) is 8.84. The lowest BCUT2D eigenvalue weighted by atomic mass is 10.3. The lowest BCUT2D eigenvalue weighted by Crippen LogP contribution is -2.49. The number of benzene rings is 1. The number of anilines is 2. The smallest absolute Gasteiger partial charge is 0.225 e. The molecule has 0 aliphatic carbocycles. The summed E-state index contributed by atoms with van der Waals surface area (Å²) in [4.78, 5) is 28.5. The monoisotopic (exact) mass is 389 g/mol. The van der Waals surface area contributed by atoms with E-state index >= 15 is 0 Å². The molecule has 148 valence electrons. The number of carbonyl (C=O) groups is 1. The van der Waals surface area contributed by atoms with E-state index < -0.39 is 11.6 Å². The molecule has 1 fully saturated rings. The summed E-state index contributed by atoms with van der Waals surface area (Å²) in [5.41, 5.74) is 5.57. The molecule has 1 saturated heterocycles. The van der Waals surface area contributed by atoms with Gasteiger partial charge >= 0.3 is 0 Å². The highest BCUT2D eigenvalue weighted by Crippen LogP contribution is 2.15. The molecule has 0 unspecified atom stereocenters. The fraction of sp³-hybridized carbons (Fsp3) is 0.333. The highest BCUT2D eigenvalue weighted by molar-refractivity contribution is 5.92. The van der Waals surface area contributed by atoms with Crippen LogP contribution in [0.1, 0.15) is 6.42 Å². The van der Waals surface area contributed by atoms with Crippen molar-refractivity contribution in [3.05, 3.63) is 48.3 Å². The molecule has 2 heterocycles. The van der Waals surface area contributed by atoms with Crippen molar-refractivity contribution < 1.29 is 13.6 Å². The first kappa shape index (κ1) is 19.5. The van der Waals surface area contributed by atoms with Gasteiger partial charge in [0.25, 0.3) is 0 Å². The molecule has 0 spiro atoms. The average molecular weight is 389 g/mol. The molecule has 0 radical (unpaired) electrons. The largest absolute Gasteiger partial charge is 0.370 e. The fourth-order valence-electron chi connectivity index (χ4n) is 2.81. The maximum Gasteiger partial charge on any atom is 0.225 e. The third-order valence-electron chi connectivity index (χ3n) is 4.27. The SMILES string of the molecule is NC(=NCCC(=O)N1CCN(c2ncccn2)CC1)Nc1cc(F)ccc1F. The number of carbonyl (C=O) groups excluding carboxylic acids is 1. The third kappa shape index (κ3) is 5.12. The number of piperazine rings is 1. The van der Waals surface area contributed by atoms with E-state index in [1.165, 1.54) is 0 Å². The number of nitrogens with two attached hydrogens (primary N) is 1. The molecule has 10 heteroatoms. The minimum atomic E-state index is -0.643. The molecule has 8 nitrogen and oxygen atoms in total. The first-order chi connectivity index (χ1) is 13.5. The molecule has 28 heavy (non-hydrogen) atoms. The van der Waals surface area contributed by atoms with Gasteiger partial charge in [-0.2, -0.15) is 0 Å². The molecule has 1 aromatic carbocycles. The van der Waals surface area contributed by atoms with Crippen molar-refractivity contribution in [1.29, 1.82) is 0 Å². The third-order valence-corrected chi connectivity index (χ3v) is 4.27. The van der Waals surface area contributed by atoms with Crippen LogP contribution in [0.15, 0.2) is 41.7 Å². The summed E-state index contributed by atoms with van der Waals surface area (Å²) >= 11 is 0. The Morgan fingerprint density at radius 3 is 2.61 bits per heavy atom. The van der Waals surface area contributed by atoms with Gasteiger partial charge in [0.1, 0.15) is 11.6 Å². The number of nitrogens with zero attached hydrogens (tertiary/aromatic N) is 5. The van der Waals surface area contributed by atoms with Crippen LogP contribution >= 0.6 is 0 Å². The summed E-state index contributed by atoms with van der Waals surface area (Å²) in [5, 5.41) is 2.50. The summed E-state index contributed by atoms with van der Waals surface area (Å²) in [5.74, 6) is -0.698. The van der Waals surface area contributed by atoms with Crippen molar-refractivity contribution in [1.82, 2.24) is 14.9 Å². The highest BCUT2D eigenvalue weighted by Gasteiger charge is 2.22. The van der Waals surface area contributed by atoms with E-state index in [4.69, 9.17) is 5.73 Å². The number of rotatable bonds is 5. The van der Waals surface area contributed by atoms with Gasteiger partial charge in [-0.25, -0.2) is 18.7 Å². The zero-order chi connectivity index (χ0) is 19.9. The summed E-state index contributed by atoms with van der Waals surface area (Å²) in [6.45, 7) is 2.60. The van der Waals surface area contributed by atoms with Crippen LogP contribution in [-0.2, 0) is 4.79 Å². The molecule has 1 aliphatic heterocycles. The van der Waals surface area contributed by atoms with Gasteiger partial charge in [0.15, 0.2) is 5.96 Å². The predicted molar refractivity (Wildman–Crippen MR) is 102 cm³/mol. The van der Waals surface area contributed by atoms with Crippen LogP contribution in [-0.4, -0.2) is 59.5 Å². The van der Waals surface area contributed by atoms with Crippen molar-refractivity contribution in [2.24, 2.45) is 10.7 Å². The zero-order valence-corrected chi connectivity index (χ0v) is 15.2. The number of halogens is 2. The van der Waals surface area contributed by atoms with E-state index in [0.29, 0.717) is 32.1 Å². The summed E-state index contributed by atoms with van der Waals surface area (Å²) in [7, 11) is 0.